The van der Waals surface area contributed by atoms with E-state index in [0.29, 0.717) is 31.8 Å². The summed E-state index contributed by atoms with van der Waals surface area (Å²) < 4.78 is 12.4. The molecule has 6 nitrogen and oxygen atoms in total. The minimum absolute atomic E-state index is 0.228. The van der Waals surface area contributed by atoms with Crippen molar-refractivity contribution in [2.75, 3.05) is 14.2 Å². The molecule has 0 aliphatic carbocycles. The van der Waals surface area contributed by atoms with Crippen molar-refractivity contribution < 1.29 is 9.47 Å². The van der Waals surface area contributed by atoms with Crippen molar-refractivity contribution in [1.29, 1.82) is 0 Å². The lowest BCUT2D eigenvalue weighted by atomic mass is 10.2. The molecule has 0 amide bonds. The molecule has 0 atom stereocenters. The molecule has 136 valence electrons. The number of hydrogen-bond acceptors (Lipinski definition) is 6. The molecule has 0 saturated heterocycles. The van der Waals surface area contributed by atoms with Crippen LogP contribution in [0.5, 0.6) is 11.5 Å². The normalized spacial score (nSPS) is 11.9. The maximum atomic E-state index is 12.7. The minimum atomic E-state index is -0.228. The van der Waals surface area contributed by atoms with E-state index in [9.17, 15) is 4.79 Å². The van der Waals surface area contributed by atoms with E-state index in [0.717, 1.165) is 11.1 Å². The van der Waals surface area contributed by atoms with Crippen LogP contribution in [0.3, 0.4) is 0 Å². The number of aromatic nitrogens is 3. The molecular weight excluding hydrogens is 386 g/mol. The number of benzene rings is 2. The van der Waals surface area contributed by atoms with Crippen LogP contribution in [0.4, 0.5) is 0 Å². The van der Waals surface area contributed by atoms with Crippen LogP contribution >= 0.6 is 22.9 Å². The maximum Gasteiger partial charge on any atom is 0.291 e. The van der Waals surface area contributed by atoms with Gasteiger partial charge in [-0.3, -0.25) is 4.79 Å². The lowest BCUT2D eigenvalue weighted by Crippen LogP contribution is -2.23. The van der Waals surface area contributed by atoms with Gasteiger partial charge < -0.3 is 9.47 Å². The molecule has 2 heterocycles. The third-order valence-corrected chi connectivity index (χ3v) is 5.32. The fourth-order valence-electron chi connectivity index (χ4n) is 2.66. The van der Waals surface area contributed by atoms with Crippen molar-refractivity contribution >= 4 is 34.0 Å². The van der Waals surface area contributed by atoms with Crippen LogP contribution in [0.15, 0.2) is 47.3 Å². The van der Waals surface area contributed by atoms with Gasteiger partial charge in [0, 0.05) is 10.6 Å². The Kier molecular flexibility index (Phi) is 4.55. The Balaban J connectivity index is 1.80. The van der Waals surface area contributed by atoms with Gasteiger partial charge in [0.15, 0.2) is 17.3 Å². The Bertz CT molecular complexity index is 1250. The monoisotopic (exact) mass is 399 g/mol. The van der Waals surface area contributed by atoms with Gasteiger partial charge in [0.05, 0.1) is 18.8 Å². The predicted octanol–water partition coefficient (Wildman–Crippen LogP) is 3.04. The third kappa shape index (κ3) is 3.15. The Labute approximate surface area is 163 Å². The number of fused-ring (bicyclic) bond motifs is 1. The summed E-state index contributed by atoms with van der Waals surface area (Å²) >= 11 is 7.44. The van der Waals surface area contributed by atoms with Crippen LogP contribution in [0.25, 0.3) is 22.4 Å². The Morgan fingerprint density at radius 2 is 1.89 bits per heavy atom. The summed E-state index contributed by atoms with van der Waals surface area (Å²) in [6.45, 7) is 0. The van der Waals surface area contributed by atoms with Crippen LogP contribution in [0, 0.1) is 0 Å². The Morgan fingerprint density at radius 3 is 2.59 bits per heavy atom. The number of methoxy groups -OCH3 is 2. The second-order valence-corrected chi connectivity index (χ2v) is 7.05. The number of nitrogens with zero attached hydrogens (tertiary/aromatic N) is 3. The summed E-state index contributed by atoms with van der Waals surface area (Å²) in [5.41, 5.74) is 1.29. The van der Waals surface area contributed by atoms with E-state index in [-0.39, 0.29) is 5.56 Å². The van der Waals surface area contributed by atoms with Gasteiger partial charge in [-0.25, -0.2) is 0 Å². The van der Waals surface area contributed by atoms with E-state index >= 15 is 0 Å². The average Bonchev–Trinajstić information content (AvgIpc) is 3.23. The van der Waals surface area contributed by atoms with E-state index in [1.54, 1.807) is 38.5 Å². The van der Waals surface area contributed by atoms with Crippen LogP contribution in [-0.4, -0.2) is 28.8 Å². The lowest BCUT2D eigenvalue weighted by molar-refractivity contribution is 0.355. The van der Waals surface area contributed by atoms with Crippen LogP contribution in [0.1, 0.15) is 5.56 Å². The van der Waals surface area contributed by atoms with Crippen molar-refractivity contribution in [1.82, 2.24) is 14.6 Å². The zero-order valence-electron chi connectivity index (χ0n) is 14.5. The third-order valence-electron chi connectivity index (χ3n) is 4.02. The maximum absolute atomic E-state index is 12.7. The van der Waals surface area contributed by atoms with Crippen molar-refractivity contribution in [3.63, 3.8) is 0 Å². The number of halogens is 1. The first-order chi connectivity index (χ1) is 13.1. The van der Waals surface area contributed by atoms with E-state index < -0.39 is 0 Å². The molecule has 0 spiro atoms. The van der Waals surface area contributed by atoms with Gasteiger partial charge in [0.25, 0.3) is 5.56 Å². The Morgan fingerprint density at radius 1 is 1.11 bits per heavy atom. The van der Waals surface area contributed by atoms with Crippen molar-refractivity contribution in [3.05, 3.63) is 67.9 Å². The average molecular weight is 400 g/mol. The molecular formula is C19H14ClN3O3S. The molecule has 2 aromatic heterocycles. The number of rotatable bonds is 4. The molecule has 0 fully saturated rings. The molecule has 4 aromatic rings. The summed E-state index contributed by atoms with van der Waals surface area (Å²) in [5.74, 6) is 1.63. The molecule has 2 aromatic carbocycles. The quantitative estimate of drug-likeness (QED) is 0.527. The van der Waals surface area contributed by atoms with E-state index in [4.69, 9.17) is 21.1 Å². The summed E-state index contributed by atoms with van der Waals surface area (Å²) in [6, 6.07) is 12.7. The highest BCUT2D eigenvalue weighted by Gasteiger charge is 2.14. The standard InChI is InChI=1S/C19H14ClN3O3S/c1-25-14-8-7-12(9-15(14)26-2)17-21-19-23(22-17)18(24)16(27-19)10-11-5-3-4-6-13(11)20/h3-10H,1-2H3/b16-10-. The van der Waals surface area contributed by atoms with Crippen LogP contribution < -0.4 is 19.6 Å². The number of ether oxygens (including phenoxy) is 2. The molecule has 0 bridgehead atoms. The summed E-state index contributed by atoms with van der Waals surface area (Å²) in [6.07, 6.45) is 1.75. The fraction of sp³-hybridized carbons (Fsp3) is 0.105. The van der Waals surface area contributed by atoms with Crippen LogP contribution in [-0.2, 0) is 0 Å². The summed E-state index contributed by atoms with van der Waals surface area (Å²) in [5, 5.41) is 4.94. The SMILES string of the molecule is COc1ccc(-c2nc3s/c(=C\c4ccccc4Cl)c(=O)n3n2)cc1OC. The minimum Gasteiger partial charge on any atom is -0.493 e. The van der Waals surface area contributed by atoms with Gasteiger partial charge >= 0.3 is 0 Å². The molecule has 0 aliphatic rings. The first kappa shape index (κ1) is 17.5. The molecule has 8 heteroatoms. The highest BCUT2D eigenvalue weighted by atomic mass is 35.5. The highest BCUT2D eigenvalue weighted by Crippen LogP contribution is 2.31. The topological polar surface area (TPSA) is 65.7 Å². The van der Waals surface area contributed by atoms with Crippen molar-refractivity contribution in [3.8, 4) is 22.9 Å². The molecule has 0 aliphatic heterocycles. The Hall–Kier alpha value is -2.90. The van der Waals surface area contributed by atoms with E-state index in [1.807, 2.05) is 24.3 Å². The fourth-order valence-corrected chi connectivity index (χ4v) is 3.75. The van der Waals surface area contributed by atoms with Gasteiger partial charge in [-0.15, -0.1) is 5.10 Å². The van der Waals surface area contributed by atoms with Crippen molar-refractivity contribution in [2.24, 2.45) is 0 Å². The molecule has 0 N–H and O–H groups in total. The zero-order valence-corrected chi connectivity index (χ0v) is 16.0. The van der Waals surface area contributed by atoms with E-state index in [1.165, 1.54) is 15.9 Å². The summed E-state index contributed by atoms with van der Waals surface area (Å²) in [7, 11) is 3.14. The highest BCUT2D eigenvalue weighted by molar-refractivity contribution is 7.15. The smallest absolute Gasteiger partial charge is 0.291 e. The zero-order chi connectivity index (χ0) is 19.0. The van der Waals surface area contributed by atoms with Crippen molar-refractivity contribution in [2.45, 2.75) is 0 Å². The molecule has 0 saturated carbocycles. The first-order valence-corrected chi connectivity index (χ1v) is 9.18. The predicted molar refractivity (Wildman–Crippen MR) is 106 cm³/mol. The van der Waals surface area contributed by atoms with Gasteiger partial charge in [0.2, 0.25) is 4.96 Å². The van der Waals surface area contributed by atoms with Crippen LogP contribution in [0.2, 0.25) is 5.02 Å². The lowest BCUT2D eigenvalue weighted by Gasteiger charge is -2.07. The van der Waals surface area contributed by atoms with Gasteiger partial charge in [0.1, 0.15) is 0 Å². The number of hydrogen-bond donors (Lipinski definition) is 0. The molecule has 0 unspecified atom stereocenters. The first-order valence-electron chi connectivity index (χ1n) is 7.99. The second-order valence-electron chi connectivity index (χ2n) is 5.64. The molecule has 27 heavy (non-hydrogen) atoms. The van der Waals surface area contributed by atoms with Gasteiger partial charge in [-0.05, 0) is 35.9 Å². The van der Waals surface area contributed by atoms with Gasteiger partial charge in [-0.1, -0.05) is 41.1 Å². The molecule has 4 rings (SSSR count). The van der Waals surface area contributed by atoms with Gasteiger partial charge in [-0.2, -0.15) is 9.50 Å². The largest absolute Gasteiger partial charge is 0.493 e. The summed E-state index contributed by atoms with van der Waals surface area (Å²) in [4.78, 5) is 17.7. The van der Waals surface area contributed by atoms with E-state index in [2.05, 4.69) is 10.1 Å². The molecule has 0 radical (unpaired) electrons. The second kappa shape index (κ2) is 7.02. The number of thiazole rings is 1.